The summed E-state index contributed by atoms with van der Waals surface area (Å²) in [6, 6.07) is 1.37. The molecule has 0 radical (unpaired) electrons. The number of carbonyl (C=O) groups is 2. The quantitative estimate of drug-likeness (QED) is 0.210. The minimum Gasteiger partial charge on any atom is -0.472 e. The van der Waals surface area contributed by atoms with Crippen LogP contribution in [0.4, 0.5) is 25.5 Å². The van der Waals surface area contributed by atoms with Gasteiger partial charge in [-0.2, -0.15) is 0 Å². The number of nitrogens with one attached hydrogen (secondary N) is 1. The monoisotopic (exact) mass is 706 g/mol. The summed E-state index contributed by atoms with van der Waals surface area (Å²) in [6.07, 6.45) is 4.09. The zero-order valence-corrected chi connectivity index (χ0v) is 31.4. The van der Waals surface area contributed by atoms with Crippen molar-refractivity contribution in [1.29, 1.82) is 0 Å². The van der Waals surface area contributed by atoms with Crippen molar-refractivity contribution >= 4 is 46.4 Å². The molecule has 7 rings (SSSR count). The lowest BCUT2D eigenvalue weighted by Gasteiger charge is -2.48. The van der Waals surface area contributed by atoms with Crippen LogP contribution in [0.1, 0.15) is 96.8 Å². The fraction of sp³-hybridized carbons (Fsp3) is 0.595. The van der Waals surface area contributed by atoms with E-state index in [-0.39, 0.29) is 47.2 Å². The van der Waals surface area contributed by atoms with E-state index in [2.05, 4.69) is 10.2 Å². The number of anilines is 2. The number of carbonyl (C=O) groups excluding carboxylic acids is 2. The van der Waals surface area contributed by atoms with Crippen molar-refractivity contribution in [2.24, 2.45) is 0 Å². The zero-order valence-electron chi connectivity index (χ0n) is 30.6. The van der Waals surface area contributed by atoms with Gasteiger partial charge in [-0.1, -0.05) is 11.8 Å². The Hall–Kier alpha value is -3.87. The summed E-state index contributed by atoms with van der Waals surface area (Å²) in [6.45, 7) is 17.4. The van der Waals surface area contributed by atoms with E-state index in [1.54, 1.807) is 0 Å². The van der Waals surface area contributed by atoms with Gasteiger partial charge in [0.2, 0.25) is 5.88 Å². The average molecular weight is 707 g/mol. The van der Waals surface area contributed by atoms with Crippen molar-refractivity contribution in [2.45, 2.75) is 135 Å². The van der Waals surface area contributed by atoms with Crippen molar-refractivity contribution in [3.63, 3.8) is 0 Å². The van der Waals surface area contributed by atoms with E-state index in [1.165, 1.54) is 11.8 Å². The minimum absolute atomic E-state index is 0.0911. The number of ether oxygens (including phenoxy) is 3. The molecule has 5 heterocycles. The largest absolute Gasteiger partial charge is 0.472 e. The van der Waals surface area contributed by atoms with Gasteiger partial charge in [0.15, 0.2) is 11.0 Å². The Labute approximate surface area is 297 Å². The first-order valence-electron chi connectivity index (χ1n) is 17.5. The molecule has 1 aromatic carbocycles. The molecule has 11 nitrogen and oxygen atoms in total. The lowest BCUT2D eigenvalue weighted by molar-refractivity contribution is 0.000929. The van der Waals surface area contributed by atoms with Crippen molar-refractivity contribution in [3.8, 4) is 17.1 Å². The molecule has 0 spiro atoms. The van der Waals surface area contributed by atoms with Gasteiger partial charge in [-0.05, 0) is 123 Å². The first-order valence-corrected chi connectivity index (χ1v) is 18.7. The summed E-state index contributed by atoms with van der Waals surface area (Å²) in [7, 11) is 0. The first-order chi connectivity index (χ1) is 23.5. The number of halogens is 1. The molecule has 3 aromatic rings. The van der Waals surface area contributed by atoms with Crippen molar-refractivity contribution in [2.75, 3.05) is 23.0 Å². The number of hydrogen-bond donors (Lipinski definition) is 1. The fourth-order valence-corrected chi connectivity index (χ4v) is 8.32. The molecule has 1 N–H and O–H groups in total. The van der Waals surface area contributed by atoms with Crippen LogP contribution in [0.2, 0.25) is 0 Å². The van der Waals surface area contributed by atoms with Crippen LogP contribution in [0, 0.1) is 19.7 Å². The average Bonchev–Trinajstić information content (AvgIpc) is 3.81. The summed E-state index contributed by atoms with van der Waals surface area (Å²) in [5, 5.41) is 3.76. The molecule has 1 saturated carbocycles. The van der Waals surface area contributed by atoms with Crippen molar-refractivity contribution in [1.82, 2.24) is 19.9 Å². The lowest BCUT2D eigenvalue weighted by Crippen LogP contribution is -2.65. The van der Waals surface area contributed by atoms with Crippen LogP contribution in [0.25, 0.3) is 22.2 Å². The second-order valence-corrected chi connectivity index (χ2v) is 16.8. The molecule has 13 heteroatoms. The van der Waals surface area contributed by atoms with E-state index in [0.29, 0.717) is 39.7 Å². The Bertz CT molecular complexity index is 1900. The predicted molar refractivity (Wildman–Crippen MR) is 192 cm³/mol. The lowest BCUT2D eigenvalue weighted by atomic mass is 9.89. The van der Waals surface area contributed by atoms with Gasteiger partial charge < -0.3 is 19.1 Å². The van der Waals surface area contributed by atoms with Gasteiger partial charge in [0, 0.05) is 17.8 Å². The Morgan fingerprint density at radius 2 is 1.72 bits per heavy atom. The number of thioether (sulfide) groups is 1. The van der Waals surface area contributed by atoms with Gasteiger partial charge in [-0.15, -0.1) is 0 Å². The zero-order chi connectivity index (χ0) is 36.0. The summed E-state index contributed by atoms with van der Waals surface area (Å²) in [4.78, 5) is 45.2. The van der Waals surface area contributed by atoms with Crippen molar-refractivity contribution in [3.05, 3.63) is 28.6 Å². The molecule has 2 bridgehead atoms. The van der Waals surface area contributed by atoms with E-state index in [1.807, 2.05) is 79.5 Å². The number of rotatable bonds is 4. The molecule has 2 aromatic heterocycles. The van der Waals surface area contributed by atoms with Gasteiger partial charge in [-0.25, -0.2) is 28.9 Å². The van der Waals surface area contributed by atoms with Crippen LogP contribution in [-0.4, -0.2) is 80.3 Å². The number of fused-ring (bicyclic) bond motifs is 5. The third-order valence-electron chi connectivity index (χ3n) is 9.95. The normalized spacial score (nSPS) is 22.9. The molecule has 1 aliphatic carbocycles. The van der Waals surface area contributed by atoms with E-state index >= 15 is 4.39 Å². The van der Waals surface area contributed by atoms with Crippen LogP contribution in [0.3, 0.4) is 0 Å². The van der Waals surface area contributed by atoms with Crippen LogP contribution in [0.5, 0.6) is 5.88 Å². The third kappa shape index (κ3) is 6.09. The first kappa shape index (κ1) is 34.6. The topological polar surface area (TPSA) is 119 Å². The molecule has 4 aliphatic rings. The Morgan fingerprint density at radius 1 is 1.02 bits per heavy atom. The summed E-state index contributed by atoms with van der Waals surface area (Å²) >= 11 is 1.34. The van der Waals surface area contributed by atoms with Gasteiger partial charge in [-0.3, -0.25) is 10.2 Å². The van der Waals surface area contributed by atoms with Crippen LogP contribution >= 0.6 is 11.8 Å². The highest BCUT2D eigenvalue weighted by Crippen LogP contribution is 2.51. The molecule has 3 aliphatic heterocycles. The Kier molecular flexibility index (Phi) is 8.39. The number of amides is 2. The molecule has 3 fully saturated rings. The molecule has 4 atom stereocenters. The number of pyridine rings is 1. The van der Waals surface area contributed by atoms with E-state index < -0.39 is 29.2 Å². The molecule has 268 valence electrons. The van der Waals surface area contributed by atoms with E-state index in [9.17, 15) is 9.59 Å². The number of aryl methyl sites for hydroxylation is 1. The standard InChI is InChI=1S/C37H47FN6O5S/c1-17-15-22(39-34(45)48-36(4,5)6)18(2)25(24(17)20-11-12-20)28-27(38)29-26-31(42-33(41-29)50-10)43-16-21-13-14-23(30(43)19(3)47-32(26)40-28)44(21)35(46)49-37(7,8)9/h15,19-21,23,30H,11-14,16H2,1-10H3,(H,39,45)/t19-,21+,23-,30+/m0/s1. The summed E-state index contributed by atoms with van der Waals surface area (Å²) < 4.78 is 35.5. The van der Waals surface area contributed by atoms with Gasteiger partial charge in [0.25, 0.3) is 0 Å². The smallest absolute Gasteiger partial charge is 0.412 e. The van der Waals surface area contributed by atoms with Gasteiger partial charge in [0.05, 0.1) is 18.1 Å². The highest BCUT2D eigenvalue weighted by Gasteiger charge is 2.54. The second kappa shape index (κ2) is 12.1. The number of piperazine rings is 1. The highest BCUT2D eigenvalue weighted by atomic mass is 32.2. The minimum atomic E-state index is -0.686. The number of benzene rings is 1. The number of nitrogens with zero attached hydrogens (tertiary/aromatic N) is 5. The molecule has 2 amide bonds. The maximum absolute atomic E-state index is 17.3. The predicted octanol–water partition coefficient (Wildman–Crippen LogP) is 8.13. The van der Waals surface area contributed by atoms with E-state index in [0.717, 1.165) is 36.8 Å². The molecular formula is C37H47FN6O5S. The Morgan fingerprint density at radius 3 is 2.36 bits per heavy atom. The highest BCUT2D eigenvalue weighted by molar-refractivity contribution is 7.98. The van der Waals surface area contributed by atoms with Crippen LogP contribution in [0.15, 0.2) is 11.2 Å². The molecule has 2 saturated heterocycles. The second-order valence-electron chi connectivity index (χ2n) is 16.0. The SMILES string of the molecule is CSc1nc2c3c(nc(-c4c(C)c(NC(=O)OC(C)(C)C)cc(C)c4C4CC4)c(F)c3n1)O[C@@H](C)[C@@H]1[C@@H]3CC[C@H](CN21)N3C(=O)OC(C)(C)C. The van der Waals surface area contributed by atoms with Crippen LogP contribution in [-0.2, 0) is 9.47 Å². The number of hydrogen-bond acceptors (Lipinski definition) is 10. The third-order valence-corrected chi connectivity index (χ3v) is 10.5. The molecule has 50 heavy (non-hydrogen) atoms. The number of aromatic nitrogens is 3. The Balaban J connectivity index is 1.38. The van der Waals surface area contributed by atoms with Crippen LogP contribution < -0.4 is 15.0 Å². The van der Waals surface area contributed by atoms with Gasteiger partial charge in [0.1, 0.15) is 39.7 Å². The summed E-state index contributed by atoms with van der Waals surface area (Å²) in [5.74, 6) is 0.510. The molecular weight excluding hydrogens is 660 g/mol. The van der Waals surface area contributed by atoms with E-state index in [4.69, 9.17) is 29.2 Å². The van der Waals surface area contributed by atoms with Crippen molar-refractivity contribution < 1.29 is 28.2 Å². The van der Waals surface area contributed by atoms with Gasteiger partial charge >= 0.3 is 12.2 Å². The fourth-order valence-electron chi connectivity index (χ4n) is 7.96. The maximum atomic E-state index is 17.3. The molecule has 0 unspecified atom stereocenters. The maximum Gasteiger partial charge on any atom is 0.412 e. The summed E-state index contributed by atoms with van der Waals surface area (Å²) in [5.41, 5.74) is 2.74.